The normalized spacial score (nSPS) is 13.1. The summed E-state index contributed by atoms with van der Waals surface area (Å²) in [6.45, 7) is 4.32. The van der Waals surface area contributed by atoms with Gasteiger partial charge < -0.3 is 5.32 Å². The highest BCUT2D eigenvalue weighted by molar-refractivity contribution is 7.99. The average molecular weight is 276 g/mol. The van der Waals surface area contributed by atoms with E-state index in [-0.39, 0.29) is 11.9 Å². The van der Waals surface area contributed by atoms with Gasteiger partial charge in [0.15, 0.2) is 0 Å². The van der Waals surface area contributed by atoms with E-state index in [9.17, 15) is 4.39 Å². The van der Waals surface area contributed by atoms with Gasteiger partial charge in [0.25, 0.3) is 0 Å². The Balaban J connectivity index is 2.67. The number of halogens is 2. The molecule has 0 fully saturated rings. The average Bonchev–Trinajstić information content (AvgIpc) is 2.27. The fourth-order valence-electron chi connectivity index (χ4n) is 1.53. The molecule has 1 N–H and O–H groups in total. The highest BCUT2D eigenvalue weighted by Gasteiger charge is 2.14. The smallest absolute Gasteiger partial charge is 0.127 e. The zero-order chi connectivity index (χ0) is 12.8. The number of thioether (sulfide) groups is 1. The fourth-order valence-corrected chi connectivity index (χ4v) is 2.67. The SMILES string of the molecule is CNC(CSC(C)C)Cc1c(F)cccc1Cl. The van der Waals surface area contributed by atoms with Crippen LogP contribution in [0.2, 0.25) is 5.02 Å². The highest BCUT2D eigenvalue weighted by Crippen LogP contribution is 2.22. The summed E-state index contributed by atoms with van der Waals surface area (Å²) in [6.07, 6.45) is 0.627. The lowest BCUT2D eigenvalue weighted by Crippen LogP contribution is -2.31. The lowest BCUT2D eigenvalue weighted by molar-refractivity contribution is 0.568. The van der Waals surface area contributed by atoms with Gasteiger partial charge in [-0.1, -0.05) is 31.5 Å². The van der Waals surface area contributed by atoms with Crippen molar-refractivity contribution >= 4 is 23.4 Å². The molecule has 1 unspecified atom stereocenters. The second kappa shape index (κ2) is 7.24. The number of likely N-dealkylation sites (N-methyl/N-ethyl adjacent to an activating group) is 1. The van der Waals surface area contributed by atoms with Gasteiger partial charge in [-0.05, 0) is 30.9 Å². The van der Waals surface area contributed by atoms with Crippen molar-refractivity contribution in [3.63, 3.8) is 0 Å². The summed E-state index contributed by atoms with van der Waals surface area (Å²) in [7, 11) is 1.90. The van der Waals surface area contributed by atoms with Gasteiger partial charge in [0.05, 0.1) is 0 Å². The molecule has 1 rings (SSSR count). The molecule has 0 bridgehead atoms. The third kappa shape index (κ3) is 4.86. The highest BCUT2D eigenvalue weighted by atomic mass is 35.5. The Labute approximate surface area is 112 Å². The first kappa shape index (κ1) is 14.8. The maximum Gasteiger partial charge on any atom is 0.127 e. The van der Waals surface area contributed by atoms with Gasteiger partial charge in [0.2, 0.25) is 0 Å². The van der Waals surface area contributed by atoms with Crippen molar-refractivity contribution < 1.29 is 4.39 Å². The van der Waals surface area contributed by atoms with Crippen LogP contribution in [0.4, 0.5) is 4.39 Å². The maximum absolute atomic E-state index is 13.6. The molecule has 0 saturated carbocycles. The molecular formula is C13H19ClFNS. The summed E-state index contributed by atoms with van der Waals surface area (Å²) in [6, 6.07) is 5.08. The van der Waals surface area contributed by atoms with E-state index in [4.69, 9.17) is 11.6 Å². The van der Waals surface area contributed by atoms with E-state index in [2.05, 4.69) is 19.2 Å². The molecule has 1 aromatic carbocycles. The van der Waals surface area contributed by atoms with Crippen LogP contribution >= 0.6 is 23.4 Å². The van der Waals surface area contributed by atoms with Gasteiger partial charge in [0.1, 0.15) is 5.82 Å². The summed E-state index contributed by atoms with van der Waals surface area (Å²) in [5, 5.41) is 4.31. The molecule has 0 spiro atoms. The van der Waals surface area contributed by atoms with Crippen LogP contribution in [0.25, 0.3) is 0 Å². The van der Waals surface area contributed by atoms with Crippen LogP contribution in [0.3, 0.4) is 0 Å². The first-order valence-electron chi connectivity index (χ1n) is 5.76. The van der Waals surface area contributed by atoms with Crippen LogP contribution in [-0.2, 0) is 6.42 Å². The Morgan fingerprint density at radius 3 is 2.65 bits per heavy atom. The topological polar surface area (TPSA) is 12.0 Å². The summed E-state index contributed by atoms with van der Waals surface area (Å²) >= 11 is 7.89. The molecular weight excluding hydrogens is 257 g/mol. The molecule has 0 heterocycles. The van der Waals surface area contributed by atoms with Crippen LogP contribution in [0, 0.1) is 5.82 Å². The molecule has 0 amide bonds. The van der Waals surface area contributed by atoms with Crippen LogP contribution in [0.15, 0.2) is 18.2 Å². The molecule has 0 aliphatic carbocycles. The minimum Gasteiger partial charge on any atom is -0.316 e. The Kier molecular flexibility index (Phi) is 6.31. The molecule has 0 aromatic heterocycles. The standard InChI is InChI=1S/C13H19ClFNS/c1-9(2)17-8-10(16-3)7-11-12(14)5-4-6-13(11)15/h4-6,9-10,16H,7-8H2,1-3H3. The quantitative estimate of drug-likeness (QED) is 0.849. The number of nitrogens with one attached hydrogen (secondary N) is 1. The largest absolute Gasteiger partial charge is 0.316 e. The zero-order valence-corrected chi connectivity index (χ0v) is 12.0. The van der Waals surface area contributed by atoms with Gasteiger partial charge >= 0.3 is 0 Å². The molecule has 0 saturated heterocycles. The predicted octanol–water partition coefficient (Wildman–Crippen LogP) is 3.75. The molecule has 17 heavy (non-hydrogen) atoms. The van der Waals surface area contributed by atoms with Gasteiger partial charge in [-0.3, -0.25) is 0 Å². The predicted molar refractivity (Wildman–Crippen MR) is 75.6 cm³/mol. The molecule has 1 aromatic rings. The molecule has 0 aliphatic heterocycles. The Bertz CT molecular complexity index is 337. The summed E-state index contributed by atoms with van der Waals surface area (Å²) in [4.78, 5) is 0. The zero-order valence-electron chi connectivity index (χ0n) is 10.5. The van der Waals surface area contributed by atoms with Gasteiger partial charge in [-0.25, -0.2) is 4.39 Å². The van der Waals surface area contributed by atoms with E-state index in [0.717, 1.165) is 5.75 Å². The van der Waals surface area contributed by atoms with Crippen molar-refractivity contribution in [3.05, 3.63) is 34.6 Å². The first-order chi connectivity index (χ1) is 8.04. The number of rotatable bonds is 6. The first-order valence-corrected chi connectivity index (χ1v) is 7.19. The Morgan fingerprint density at radius 1 is 1.41 bits per heavy atom. The number of benzene rings is 1. The van der Waals surface area contributed by atoms with Gasteiger partial charge in [-0.2, -0.15) is 11.8 Å². The maximum atomic E-state index is 13.6. The van der Waals surface area contributed by atoms with Crippen molar-refractivity contribution in [2.45, 2.75) is 31.6 Å². The molecule has 0 aliphatic rings. The minimum absolute atomic E-state index is 0.215. The van der Waals surface area contributed by atoms with Crippen LogP contribution < -0.4 is 5.32 Å². The lowest BCUT2D eigenvalue weighted by Gasteiger charge is -2.18. The molecule has 4 heteroatoms. The summed E-state index contributed by atoms with van der Waals surface area (Å²) in [5.74, 6) is 0.742. The summed E-state index contributed by atoms with van der Waals surface area (Å²) < 4.78 is 13.6. The second-order valence-corrected chi connectivity index (χ2v) is 6.29. The van der Waals surface area contributed by atoms with Crippen molar-refractivity contribution in [2.24, 2.45) is 0 Å². The minimum atomic E-state index is -0.215. The number of hydrogen-bond donors (Lipinski definition) is 1. The van der Waals surface area contributed by atoms with E-state index >= 15 is 0 Å². The Morgan fingerprint density at radius 2 is 2.12 bits per heavy atom. The van der Waals surface area contributed by atoms with Gasteiger partial charge in [0, 0.05) is 22.4 Å². The molecule has 96 valence electrons. The monoisotopic (exact) mass is 275 g/mol. The molecule has 1 atom stereocenters. The van der Waals surface area contributed by atoms with E-state index in [1.807, 2.05) is 18.8 Å². The van der Waals surface area contributed by atoms with Gasteiger partial charge in [-0.15, -0.1) is 0 Å². The fraction of sp³-hybridized carbons (Fsp3) is 0.538. The Hall–Kier alpha value is -0.250. The van der Waals surface area contributed by atoms with Crippen molar-refractivity contribution in [2.75, 3.05) is 12.8 Å². The number of hydrogen-bond acceptors (Lipinski definition) is 2. The van der Waals surface area contributed by atoms with E-state index < -0.39 is 0 Å². The van der Waals surface area contributed by atoms with E-state index in [1.165, 1.54) is 6.07 Å². The van der Waals surface area contributed by atoms with Crippen LogP contribution in [-0.4, -0.2) is 24.1 Å². The third-order valence-corrected chi connectivity index (χ3v) is 4.17. The van der Waals surface area contributed by atoms with E-state index in [1.54, 1.807) is 12.1 Å². The van der Waals surface area contributed by atoms with Crippen LogP contribution in [0.5, 0.6) is 0 Å². The second-order valence-electron chi connectivity index (χ2n) is 4.27. The van der Waals surface area contributed by atoms with Crippen molar-refractivity contribution in [3.8, 4) is 0 Å². The third-order valence-electron chi connectivity index (χ3n) is 2.55. The van der Waals surface area contributed by atoms with Crippen molar-refractivity contribution in [1.29, 1.82) is 0 Å². The van der Waals surface area contributed by atoms with Crippen LogP contribution in [0.1, 0.15) is 19.4 Å². The molecule has 0 radical (unpaired) electrons. The van der Waals surface area contributed by atoms with Crippen molar-refractivity contribution in [1.82, 2.24) is 5.32 Å². The molecule has 1 nitrogen and oxygen atoms in total. The summed E-state index contributed by atoms with van der Waals surface area (Å²) in [5.41, 5.74) is 0.609. The lowest BCUT2D eigenvalue weighted by atomic mass is 10.1. The van der Waals surface area contributed by atoms with E-state index in [0.29, 0.717) is 22.3 Å².